The van der Waals surface area contributed by atoms with Crippen LogP contribution in [0.2, 0.25) is 0 Å². The molecular formula is C21H21FN4O. The Bertz CT molecular complexity index is 1020. The minimum absolute atomic E-state index is 0.133. The summed E-state index contributed by atoms with van der Waals surface area (Å²) in [6.45, 7) is 3.57. The molecule has 138 valence electrons. The standard InChI is InChI=1S/C21H21FN4O/c1-2-14(11-26-12-17(22)13-26)18-6-5-15(16-9-24-25-10-16)8-20(18)19-4-3-7-23-21(19)27/h2-10,17H,11-13H2,1H3,(H,23,27)(H,24,25)/b14-2-. The molecule has 5 nitrogen and oxygen atoms in total. The van der Waals surface area contributed by atoms with E-state index in [-0.39, 0.29) is 5.56 Å². The first-order valence-electron chi connectivity index (χ1n) is 8.99. The normalized spacial score (nSPS) is 15.7. The van der Waals surface area contributed by atoms with Gasteiger partial charge in [0.1, 0.15) is 6.17 Å². The van der Waals surface area contributed by atoms with E-state index in [0.717, 1.165) is 27.8 Å². The first-order chi connectivity index (χ1) is 13.2. The lowest BCUT2D eigenvalue weighted by Gasteiger charge is -2.35. The SMILES string of the molecule is C/C=C(/CN1CC(F)C1)c1ccc(-c2cn[nH]c2)cc1-c1ccc[nH]c1=O. The van der Waals surface area contributed by atoms with Crippen LogP contribution in [0.25, 0.3) is 27.8 Å². The summed E-state index contributed by atoms with van der Waals surface area (Å²) in [5.74, 6) is 0. The third-order valence-electron chi connectivity index (χ3n) is 4.96. The van der Waals surface area contributed by atoms with Crippen molar-refractivity contribution in [2.24, 2.45) is 0 Å². The third-order valence-corrected chi connectivity index (χ3v) is 4.96. The lowest BCUT2D eigenvalue weighted by Crippen LogP contribution is -2.48. The molecular weight excluding hydrogens is 343 g/mol. The predicted molar refractivity (Wildman–Crippen MR) is 105 cm³/mol. The summed E-state index contributed by atoms with van der Waals surface area (Å²) < 4.78 is 13.2. The van der Waals surface area contributed by atoms with Crippen LogP contribution >= 0.6 is 0 Å². The second-order valence-corrected chi connectivity index (χ2v) is 6.77. The van der Waals surface area contributed by atoms with Gasteiger partial charge >= 0.3 is 0 Å². The number of aromatic amines is 2. The maximum absolute atomic E-state index is 13.2. The fraction of sp³-hybridized carbons (Fsp3) is 0.238. The van der Waals surface area contributed by atoms with Crippen LogP contribution < -0.4 is 5.56 Å². The molecule has 27 heavy (non-hydrogen) atoms. The molecule has 1 saturated heterocycles. The van der Waals surface area contributed by atoms with E-state index in [4.69, 9.17) is 0 Å². The van der Waals surface area contributed by atoms with Crippen molar-refractivity contribution in [3.8, 4) is 22.3 Å². The van der Waals surface area contributed by atoms with Crippen molar-refractivity contribution in [3.05, 3.63) is 70.9 Å². The molecule has 0 bridgehead atoms. The number of alkyl halides is 1. The van der Waals surface area contributed by atoms with Crippen molar-refractivity contribution < 1.29 is 4.39 Å². The van der Waals surface area contributed by atoms with Gasteiger partial charge in [0.25, 0.3) is 5.56 Å². The Morgan fingerprint density at radius 1 is 1.30 bits per heavy atom. The molecule has 4 rings (SSSR count). The largest absolute Gasteiger partial charge is 0.329 e. The van der Waals surface area contributed by atoms with Gasteiger partial charge < -0.3 is 4.98 Å². The Morgan fingerprint density at radius 3 is 2.81 bits per heavy atom. The van der Waals surface area contributed by atoms with Crippen LogP contribution in [0.5, 0.6) is 0 Å². The first kappa shape index (κ1) is 17.4. The number of halogens is 1. The van der Waals surface area contributed by atoms with E-state index in [1.54, 1.807) is 12.4 Å². The molecule has 1 aromatic carbocycles. The molecule has 2 aromatic heterocycles. The van der Waals surface area contributed by atoms with Crippen LogP contribution in [0.1, 0.15) is 12.5 Å². The van der Waals surface area contributed by atoms with Crippen LogP contribution in [-0.4, -0.2) is 45.9 Å². The molecule has 3 heterocycles. The zero-order valence-corrected chi connectivity index (χ0v) is 15.1. The molecule has 0 saturated carbocycles. The molecule has 1 aliphatic heterocycles. The monoisotopic (exact) mass is 364 g/mol. The minimum Gasteiger partial charge on any atom is -0.329 e. The van der Waals surface area contributed by atoms with Crippen LogP contribution in [0, 0.1) is 0 Å². The van der Waals surface area contributed by atoms with Crippen LogP contribution in [0.4, 0.5) is 4.39 Å². The number of likely N-dealkylation sites (tertiary alicyclic amines) is 1. The molecule has 0 unspecified atom stereocenters. The molecule has 0 aliphatic carbocycles. The average molecular weight is 364 g/mol. The van der Waals surface area contributed by atoms with Gasteiger partial charge in [0.2, 0.25) is 0 Å². The lowest BCUT2D eigenvalue weighted by atomic mass is 9.91. The summed E-state index contributed by atoms with van der Waals surface area (Å²) in [7, 11) is 0. The van der Waals surface area contributed by atoms with Crippen LogP contribution in [0.15, 0.2) is 59.8 Å². The molecule has 0 spiro atoms. The second-order valence-electron chi connectivity index (χ2n) is 6.77. The van der Waals surface area contributed by atoms with E-state index in [0.29, 0.717) is 25.2 Å². The number of nitrogens with one attached hydrogen (secondary N) is 2. The van der Waals surface area contributed by atoms with E-state index in [9.17, 15) is 9.18 Å². The highest BCUT2D eigenvalue weighted by Gasteiger charge is 2.27. The van der Waals surface area contributed by atoms with Gasteiger partial charge in [-0.3, -0.25) is 14.8 Å². The molecule has 0 radical (unpaired) electrons. The summed E-state index contributed by atoms with van der Waals surface area (Å²) in [5, 5.41) is 6.83. The Labute approximate surface area is 156 Å². The minimum atomic E-state index is -0.733. The quantitative estimate of drug-likeness (QED) is 0.728. The number of pyridine rings is 1. The third kappa shape index (κ3) is 3.48. The molecule has 6 heteroatoms. The summed E-state index contributed by atoms with van der Waals surface area (Å²) in [6, 6.07) is 9.72. The predicted octanol–water partition coefficient (Wildman–Crippen LogP) is 3.49. The van der Waals surface area contributed by atoms with Gasteiger partial charge in [0, 0.05) is 43.2 Å². The Morgan fingerprint density at radius 2 is 2.15 bits per heavy atom. The highest BCUT2D eigenvalue weighted by atomic mass is 19.1. The number of hydrogen-bond acceptors (Lipinski definition) is 3. The highest BCUT2D eigenvalue weighted by molar-refractivity contribution is 5.85. The fourth-order valence-corrected chi connectivity index (χ4v) is 3.48. The fourth-order valence-electron chi connectivity index (χ4n) is 3.48. The maximum atomic E-state index is 13.2. The molecule has 3 aromatic rings. The first-order valence-corrected chi connectivity index (χ1v) is 8.99. The van der Waals surface area contributed by atoms with Gasteiger partial charge in [0.15, 0.2) is 0 Å². The van der Waals surface area contributed by atoms with Crippen molar-refractivity contribution in [3.63, 3.8) is 0 Å². The van der Waals surface area contributed by atoms with Crippen molar-refractivity contribution in [1.29, 1.82) is 0 Å². The smallest absolute Gasteiger partial charge is 0.255 e. The highest BCUT2D eigenvalue weighted by Crippen LogP contribution is 2.32. The summed E-state index contributed by atoms with van der Waals surface area (Å²) in [4.78, 5) is 17.3. The summed E-state index contributed by atoms with van der Waals surface area (Å²) in [6.07, 6.45) is 6.52. The summed E-state index contributed by atoms with van der Waals surface area (Å²) >= 11 is 0. The van der Waals surface area contributed by atoms with Crippen molar-refractivity contribution in [1.82, 2.24) is 20.1 Å². The number of hydrogen-bond donors (Lipinski definition) is 2. The van der Waals surface area contributed by atoms with Gasteiger partial charge in [-0.05, 0) is 47.4 Å². The van der Waals surface area contributed by atoms with E-state index < -0.39 is 6.17 Å². The molecule has 0 atom stereocenters. The maximum Gasteiger partial charge on any atom is 0.255 e. The van der Waals surface area contributed by atoms with Gasteiger partial charge in [-0.25, -0.2) is 4.39 Å². The Balaban J connectivity index is 1.80. The zero-order chi connectivity index (χ0) is 18.8. The zero-order valence-electron chi connectivity index (χ0n) is 15.1. The topological polar surface area (TPSA) is 64.8 Å². The number of nitrogens with zero attached hydrogens (tertiary/aromatic N) is 2. The molecule has 1 aliphatic rings. The van der Waals surface area contributed by atoms with E-state index in [2.05, 4.69) is 20.1 Å². The van der Waals surface area contributed by atoms with Gasteiger partial charge in [-0.2, -0.15) is 5.10 Å². The Kier molecular flexibility index (Phi) is 4.73. The van der Waals surface area contributed by atoms with E-state index in [1.807, 2.05) is 49.5 Å². The number of benzene rings is 1. The lowest BCUT2D eigenvalue weighted by molar-refractivity contribution is 0.0791. The van der Waals surface area contributed by atoms with Gasteiger partial charge in [-0.15, -0.1) is 0 Å². The second kappa shape index (κ2) is 7.32. The van der Waals surface area contributed by atoms with E-state index >= 15 is 0 Å². The summed E-state index contributed by atoms with van der Waals surface area (Å²) in [5.41, 5.74) is 5.35. The number of aromatic nitrogens is 3. The molecule has 2 N–H and O–H groups in total. The number of H-pyrrole nitrogens is 2. The van der Waals surface area contributed by atoms with E-state index in [1.165, 1.54) is 0 Å². The number of allylic oxidation sites excluding steroid dienone is 1. The van der Waals surface area contributed by atoms with Crippen LogP contribution in [0.3, 0.4) is 0 Å². The van der Waals surface area contributed by atoms with Crippen molar-refractivity contribution >= 4 is 5.57 Å². The molecule has 1 fully saturated rings. The van der Waals surface area contributed by atoms with Gasteiger partial charge in [-0.1, -0.05) is 18.2 Å². The molecule has 0 amide bonds. The Hall–Kier alpha value is -2.99. The van der Waals surface area contributed by atoms with Gasteiger partial charge in [0.05, 0.1) is 6.20 Å². The van der Waals surface area contributed by atoms with Crippen molar-refractivity contribution in [2.75, 3.05) is 19.6 Å². The average Bonchev–Trinajstić information content (AvgIpc) is 3.19. The van der Waals surface area contributed by atoms with Crippen LogP contribution in [-0.2, 0) is 0 Å². The number of rotatable bonds is 5. The van der Waals surface area contributed by atoms with Crippen molar-refractivity contribution in [2.45, 2.75) is 13.1 Å².